The molecular weight excluding hydrogens is 1450 g/mol. The minimum Gasteiger partial charge on any atom is -0.744 e. The summed E-state index contributed by atoms with van der Waals surface area (Å²) in [6.07, 6.45) is 116. The van der Waals surface area contributed by atoms with Crippen molar-refractivity contribution >= 4 is 69.1 Å². The van der Waals surface area contributed by atoms with Crippen LogP contribution in [0.3, 0.4) is 0 Å². The number of aryl methyl sites for hydroxylation is 2. The van der Waals surface area contributed by atoms with Gasteiger partial charge >= 0.3 is 48.9 Å². The molecule has 2 aromatic rings. The molecule has 0 bridgehead atoms. The van der Waals surface area contributed by atoms with E-state index in [1.807, 2.05) is 12.1 Å². The molecule has 0 aromatic heterocycles. The van der Waals surface area contributed by atoms with E-state index in [9.17, 15) is 25.9 Å². The number of hydrogen-bond acceptors (Lipinski definition) is 6. The first kappa shape index (κ1) is 105. The van der Waals surface area contributed by atoms with Gasteiger partial charge in [-0.15, -0.1) is 0 Å². The molecule has 6 nitrogen and oxygen atoms in total. The van der Waals surface area contributed by atoms with Crippen LogP contribution in [0, 0.1) is 0 Å². The third-order valence-electron chi connectivity index (χ3n) is 23.0. The molecule has 0 saturated carbocycles. The van der Waals surface area contributed by atoms with Crippen LogP contribution in [0.5, 0.6) is 0 Å². The maximum Gasteiger partial charge on any atom is 2.00 e. The van der Waals surface area contributed by atoms with E-state index >= 15 is 0 Å². The Kier molecular flexibility index (Phi) is 84.6. The van der Waals surface area contributed by atoms with Gasteiger partial charge in [-0.05, 0) is 61.1 Å². The van der Waals surface area contributed by atoms with Crippen LogP contribution in [0.15, 0.2) is 58.3 Å². The number of benzene rings is 2. The van der Waals surface area contributed by atoms with Crippen LogP contribution < -0.4 is 0 Å². The first-order valence-corrected chi connectivity index (χ1v) is 50.0. The third kappa shape index (κ3) is 80.2. The average Bonchev–Trinajstić information content (AvgIpc) is 0.866. The van der Waals surface area contributed by atoms with Crippen molar-refractivity contribution in [3.05, 3.63) is 59.7 Å². The van der Waals surface area contributed by atoms with Gasteiger partial charge in [0.05, 0.1) is 9.79 Å². The molecule has 0 aliphatic rings. The standard InChI is InChI=1S/2C48H90O3S.Ba/c2*1-2-3-4-5-6-7-8-9-10-11-12-13-14-15-16-17-18-19-20-21-22-23-24-25-26-27-28-29-30-31-32-33-34-35-36-37-38-39-40-41-43-47-44-42-45-48(46-47)52(49,50)51;/h2*42,44-46H,2-41,43H2,1H3,(H,49,50,51);/q;;+2/p-2. The maximum atomic E-state index is 11.2. The number of rotatable bonds is 84. The second kappa shape index (κ2) is 84.7. The molecule has 0 saturated heterocycles. The Morgan fingerprint density at radius 1 is 0.190 bits per heavy atom. The fraction of sp³-hybridized carbons (Fsp3) is 0.875. The molecule has 2 aromatic carbocycles. The SMILES string of the molecule is CCCCCCCCCCCCCCCCCCCCCCCCCCCCCCCCCCCCCCCCCCc1cccc(S(=O)(=O)[O-])c1.CCCCCCCCCCCCCCCCCCCCCCCCCCCCCCCCCCCCCCCCCCc1cccc(S(=O)(=O)[O-])c1.[Ba+2]. The van der Waals surface area contributed by atoms with Crippen LogP contribution in [-0.4, -0.2) is 74.8 Å². The summed E-state index contributed by atoms with van der Waals surface area (Å²) in [6.45, 7) is 4.61. The van der Waals surface area contributed by atoms with Crippen molar-refractivity contribution in [2.75, 3.05) is 0 Å². The first-order valence-electron chi connectivity index (χ1n) is 47.2. The molecule has 0 fully saturated rings. The largest absolute Gasteiger partial charge is 2.00 e. The second-order valence-electron chi connectivity index (χ2n) is 33.3. The first-order chi connectivity index (χ1) is 51.1. The van der Waals surface area contributed by atoms with Crippen molar-refractivity contribution in [1.29, 1.82) is 0 Å². The molecular formula is C96H178BaO6S2. The van der Waals surface area contributed by atoms with Crippen molar-refractivity contribution in [3.63, 3.8) is 0 Å². The molecule has 0 spiro atoms. The Hall–Kier alpha value is -0.169. The van der Waals surface area contributed by atoms with Crippen LogP contribution in [0.2, 0.25) is 0 Å². The van der Waals surface area contributed by atoms with Gasteiger partial charge in [-0.2, -0.15) is 0 Å². The predicted molar refractivity (Wildman–Crippen MR) is 463 cm³/mol. The smallest absolute Gasteiger partial charge is 0.744 e. The fourth-order valence-corrected chi connectivity index (χ4v) is 17.0. The van der Waals surface area contributed by atoms with Gasteiger partial charge in [-0.1, -0.05) is 539 Å². The monoisotopic (exact) mass is 1630 g/mol. The van der Waals surface area contributed by atoms with E-state index in [1.165, 1.54) is 525 Å². The molecule has 612 valence electrons. The number of hydrogen-bond donors (Lipinski definition) is 0. The molecule has 0 radical (unpaired) electrons. The van der Waals surface area contributed by atoms with Crippen molar-refractivity contribution < 1.29 is 25.9 Å². The molecule has 9 heteroatoms. The van der Waals surface area contributed by atoms with Crippen LogP contribution >= 0.6 is 0 Å². The average molecular weight is 1630 g/mol. The second-order valence-corrected chi connectivity index (χ2v) is 36.0. The molecule has 0 heterocycles. The summed E-state index contributed by atoms with van der Waals surface area (Å²) < 4.78 is 67.0. The molecule has 0 amide bonds. The summed E-state index contributed by atoms with van der Waals surface area (Å²) in [6, 6.07) is 13.0. The van der Waals surface area contributed by atoms with Crippen molar-refractivity contribution in [2.45, 2.75) is 550 Å². The van der Waals surface area contributed by atoms with Crippen molar-refractivity contribution in [2.24, 2.45) is 0 Å². The van der Waals surface area contributed by atoms with E-state index in [2.05, 4.69) is 13.8 Å². The Morgan fingerprint density at radius 3 is 0.419 bits per heavy atom. The Bertz CT molecular complexity index is 2080. The topological polar surface area (TPSA) is 114 Å². The van der Waals surface area contributed by atoms with Crippen LogP contribution in [0.4, 0.5) is 0 Å². The molecule has 105 heavy (non-hydrogen) atoms. The van der Waals surface area contributed by atoms with E-state index in [4.69, 9.17) is 0 Å². The number of unbranched alkanes of at least 4 members (excludes halogenated alkanes) is 78. The Balaban J connectivity index is 0.00000204. The van der Waals surface area contributed by atoms with E-state index < -0.39 is 20.2 Å². The van der Waals surface area contributed by atoms with Gasteiger partial charge in [-0.25, -0.2) is 16.8 Å². The van der Waals surface area contributed by atoms with Gasteiger partial charge in [-0.3, -0.25) is 0 Å². The molecule has 2 rings (SSSR count). The summed E-state index contributed by atoms with van der Waals surface area (Å²) in [5.74, 6) is 0. The van der Waals surface area contributed by atoms with E-state index in [-0.39, 0.29) is 58.7 Å². The Labute approximate surface area is 698 Å². The molecule has 0 atom stereocenters. The van der Waals surface area contributed by atoms with Crippen LogP contribution in [0.25, 0.3) is 0 Å². The third-order valence-corrected chi connectivity index (χ3v) is 24.7. The fourth-order valence-electron chi connectivity index (χ4n) is 16.0. The van der Waals surface area contributed by atoms with Crippen LogP contribution in [-0.2, 0) is 33.1 Å². The van der Waals surface area contributed by atoms with Gasteiger partial charge in [0, 0.05) is 0 Å². The molecule has 0 unspecified atom stereocenters. The maximum absolute atomic E-state index is 11.2. The van der Waals surface area contributed by atoms with E-state index in [0.29, 0.717) is 0 Å². The zero-order chi connectivity index (χ0) is 74.9. The molecule has 0 N–H and O–H groups in total. The van der Waals surface area contributed by atoms with Gasteiger partial charge in [0.15, 0.2) is 0 Å². The van der Waals surface area contributed by atoms with Gasteiger partial charge in [0.1, 0.15) is 20.2 Å². The van der Waals surface area contributed by atoms with Crippen LogP contribution in [0.1, 0.15) is 539 Å². The Morgan fingerprint density at radius 2 is 0.305 bits per heavy atom. The summed E-state index contributed by atoms with van der Waals surface area (Å²) in [4.78, 5) is -0.210. The summed E-state index contributed by atoms with van der Waals surface area (Å²) in [7, 11) is -8.70. The minimum absolute atomic E-state index is 0. The minimum atomic E-state index is -4.35. The van der Waals surface area contributed by atoms with E-state index in [0.717, 1.165) is 36.8 Å². The van der Waals surface area contributed by atoms with E-state index in [1.54, 1.807) is 12.1 Å². The van der Waals surface area contributed by atoms with Gasteiger partial charge < -0.3 is 9.11 Å². The zero-order valence-electron chi connectivity index (χ0n) is 70.6. The summed E-state index contributed by atoms with van der Waals surface area (Å²) in [5.41, 5.74) is 1.90. The predicted octanol–water partition coefficient (Wildman–Crippen LogP) is 33.1. The molecule has 0 aliphatic heterocycles. The van der Waals surface area contributed by atoms with Gasteiger partial charge in [0.25, 0.3) is 0 Å². The van der Waals surface area contributed by atoms with Crippen molar-refractivity contribution in [1.82, 2.24) is 0 Å². The molecule has 0 aliphatic carbocycles. The van der Waals surface area contributed by atoms with Crippen molar-refractivity contribution in [3.8, 4) is 0 Å². The summed E-state index contributed by atoms with van der Waals surface area (Å²) in [5, 5.41) is 0. The van der Waals surface area contributed by atoms with Gasteiger partial charge in [0.2, 0.25) is 0 Å². The summed E-state index contributed by atoms with van der Waals surface area (Å²) >= 11 is 0. The normalized spacial score (nSPS) is 11.8. The zero-order valence-corrected chi connectivity index (χ0v) is 76.6. The quantitative estimate of drug-likeness (QED) is 0.0370.